The van der Waals surface area contributed by atoms with Crippen molar-refractivity contribution in [2.45, 2.75) is 38.1 Å². The first-order valence-corrected chi connectivity index (χ1v) is 9.04. The molecule has 24 heavy (non-hydrogen) atoms. The van der Waals surface area contributed by atoms with E-state index in [1.807, 2.05) is 4.90 Å². The molecule has 1 aromatic rings. The molecule has 2 atom stereocenters. The van der Waals surface area contributed by atoms with Crippen molar-refractivity contribution in [3.8, 4) is 0 Å². The average molecular weight is 332 g/mol. The number of nitrogens with zero attached hydrogens (tertiary/aromatic N) is 1. The van der Waals surface area contributed by atoms with Gasteiger partial charge in [0.15, 0.2) is 0 Å². The first-order chi connectivity index (χ1) is 11.7. The average Bonchev–Trinajstić information content (AvgIpc) is 3.16. The molecule has 4 nitrogen and oxygen atoms in total. The molecule has 1 saturated carbocycles. The van der Waals surface area contributed by atoms with Gasteiger partial charge in [0, 0.05) is 25.1 Å². The molecule has 1 aromatic carbocycles. The third-order valence-corrected chi connectivity index (χ3v) is 6.04. The number of ether oxygens (including phenoxy) is 1. The summed E-state index contributed by atoms with van der Waals surface area (Å²) in [7, 11) is 0. The van der Waals surface area contributed by atoms with Gasteiger partial charge in [-0.15, -0.1) is 0 Å². The van der Waals surface area contributed by atoms with E-state index in [2.05, 4.69) is 5.32 Å². The van der Waals surface area contributed by atoms with E-state index in [1.54, 1.807) is 12.1 Å². The summed E-state index contributed by atoms with van der Waals surface area (Å²) in [5.74, 6) is 0.228. The normalized spacial score (nSPS) is 28.1. The largest absolute Gasteiger partial charge is 0.381 e. The second kappa shape index (κ2) is 6.36. The van der Waals surface area contributed by atoms with Gasteiger partial charge < -0.3 is 15.0 Å². The summed E-state index contributed by atoms with van der Waals surface area (Å²) >= 11 is 0. The summed E-state index contributed by atoms with van der Waals surface area (Å²) in [4.78, 5) is 14.7. The van der Waals surface area contributed by atoms with Gasteiger partial charge in [-0.25, -0.2) is 9.18 Å². The van der Waals surface area contributed by atoms with Crippen LogP contribution in [0.1, 0.15) is 43.7 Å². The quantitative estimate of drug-likeness (QED) is 0.920. The van der Waals surface area contributed by atoms with Crippen LogP contribution in [0.2, 0.25) is 0 Å². The lowest BCUT2D eigenvalue weighted by molar-refractivity contribution is 0.150. The van der Waals surface area contributed by atoms with Gasteiger partial charge in [0.05, 0.1) is 12.6 Å². The van der Waals surface area contributed by atoms with Crippen molar-refractivity contribution in [3.05, 3.63) is 35.6 Å². The molecule has 130 valence electrons. The predicted octanol–water partition coefficient (Wildman–Crippen LogP) is 3.49. The molecule has 2 aliphatic heterocycles. The Morgan fingerprint density at radius 3 is 2.71 bits per heavy atom. The monoisotopic (exact) mass is 332 g/mol. The van der Waals surface area contributed by atoms with E-state index < -0.39 is 0 Å². The summed E-state index contributed by atoms with van der Waals surface area (Å²) in [6.45, 7) is 3.19. The molecular formula is C19H25FN2O2. The molecule has 5 heteroatoms. The molecule has 2 saturated heterocycles. The van der Waals surface area contributed by atoms with Crippen molar-refractivity contribution in [2.75, 3.05) is 26.3 Å². The third-order valence-electron chi connectivity index (χ3n) is 6.04. The van der Waals surface area contributed by atoms with E-state index in [0.717, 1.165) is 57.6 Å². The molecule has 2 amide bonds. The number of hydrogen-bond donors (Lipinski definition) is 1. The fourth-order valence-electron chi connectivity index (χ4n) is 4.22. The summed E-state index contributed by atoms with van der Waals surface area (Å²) in [6.07, 6.45) is 5.55. The van der Waals surface area contributed by atoms with Gasteiger partial charge in [-0.1, -0.05) is 18.6 Å². The highest BCUT2D eigenvalue weighted by Gasteiger charge is 2.43. The lowest BCUT2D eigenvalue weighted by Crippen LogP contribution is -2.44. The number of rotatable bonds is 3. The summed E-state index contributed by atoms with van der Waals surface area (Å²) in [5, 5.41) is 3.23. The van der Waals surface area contributed by atoms with Crippen molar-refractivity contribution in [1.29, 1.82) is 0 Å². The SMILES string of the molecule is O=C(N[C@@H](c1ccc(F)cc1)C1CCC1)N1CC[C@@]2(CCOC2)C1. The number of benzene rings is 1. The molecule has 1 aliphatic carbocycles. The van der Waals surface area contributed by atoms with Crippen LogP contribution in [0.3, 0.4) is 0 Å². The number of urea groups is 1. The van der Waals surface area contributed by atoms with Gasteiger partial charge in [-0.05, 0) is 49.3 Å². The molecule has 0 bridgehead atoms. The Balaban J connectivity index is 1.44. The number of carbonyl (C=O) groups is 1. The summed E-state index contributed by atoms with van der Waals surface area (Å²) in [5.41, 5.74) is 1.19. The van der Waals surface area contributed by atoms with Crippen LogP contribution in [-0.2, 0) is 4.74 Å². The highest BCUT2D eigenvalue weighted by Crippen LogP contribution is 2.40. The Hall–Kier alpha value is -1.62. The number of carbonyl (C=O) groups excluding carboxylic acids is 1. The van der Waals surface area contributed by atoms with Crippen LogP contribution in [0, 0.1) is 17.2 Å². The number of hydrogen-bond acceptors (Lipinski definition) is 2. The Bertz CT molecular complexity index is 594. The van der Waals surface area contributed by atoms with Crippen LogP contribution in [0.25, 0.3) is 0 Å². The molecular weight excluding hydrogens is 307 g/mol. The number of amides is 2. The highest BCUT2D eigenvalue weighted by molar-refractivity contribution is 5.75. The topological polar surface area (TPSA) is 41.6 Å². The molecule has 3 aliphatic rings. The van der Waals surface area contributed by atoms with Crippen molar-refractivity contribution in [2.24, 2.45) is 11.3 Å². The van der Waals surface area contributed by atoms with Crippen LogP contribution in [0.5, 0.6) is 0 Å². The van der Waals surface area contributed by atoms with Crippen LogP contribution in [-0.4, -0.2) is 37.2 Å². The Kier molecular flexibility index (Phi) is 4.21. The zero-order chi connectivity index (χ0) is 16.6. The van der Waals surface area contributed by atoms with E-state index in [9.17, 15) is 9.18 Å². The summed E-state index contributed by atoms with van der Waals surface area (Å²) in [6, 6.07) is 6.56. The van der Waals surface area contributed by atoms with E-state index in [4.69, 9.17) is 4.74 Å². The minimum atomic E-state index is -0.236. The molecule has 4 rings (SSSR count). The first kappa shape index (κ1) is 15.9. The van der Waals surface area contributed by atoms with E-state index in [0.29, 0.717) is 5.92 Å². The minimum absolute atomic E-state index is 0.0109. The maximum absolute atomic E-state index is 13.2. The standard InChI is InChI=1S/C19H25FN2O2/c20-16-6-4-15(5-7-16)17(14-2-1-3-14)21-18(23)22-10-8-19(12-22)9-11-24-13-19/h4-7,14,17H,1-3,8-13H2,(H,21,23)/t17-,19-/m1/s1. The third kappa shape index (κ3) is 3.02. The maximum atomic E-state index is 13.2. The van der Waals surface area contributed by atoms with Gasteiger partial charge in [0.2, 0.25) is 0 Å². The van der Waals surface area contributed by atoms with Gasteiger partial charge in [0.1, 0.15) is 5.82 Å². The fourth-order valence-corrected chi connectivity index (χ4v) is 4.22. The lowest BCUT2D eigenvalue weighted by Gasteiger charge is -2.35. The van der Waals surface area contributed by atoms with Gasteiger partial charge >= 0.3 is 6.03 Å². The Morgan fingerprint density at radius 2 is 2.08 bits per heavy atom. The fraction of sp³-hybridized carbons (Fsp3) is 0.632. The van der Waals surface area contributed by atoms with Gasteiger partial charge in [-0.3, -0.25) is 0 Å². The predicted molar refractivity (Wildman–Crippen MR) is 89.1 cm³/mol. The molecule has 3 fully saturated rings. The van der Waals surface area contributed by atoms with Crippen molar-refractivity contribution >= 4 is 6.03 Å². The van der Waals surface area contributed by atoms with Crippen molar-refractivity contribution in [1.82, 2.24) is 10.2 Å². The Morgan fingerprint density at radius 1 is 1.29 bits per heavy atom. The summed E-state index contributed by atoms with van der Waals surface area (Å²) < 4.78 is 18.8. The first-order valence-electron chi connectivity index (χ1n) is 9.04. The molecule has 0 aromatic heterocycles. The van der Waals surface area contributed by atoms with Crippen LogP contribution in [0.15, 0.2) is 24.3 Å². The molecule has 2 heterocycles. The molecule has 1 N–H and O–H groups in total. The van der Waals surface area contributed by atoms with Gasteiger partial charge in [-0.2, -0.15) is 0 Å². The molecule has 0 radical (unpaired) electrons. The lowest BCUT2D eigenvalue weighted by atomic mass is 9.77. The maximum Gasteiger partial charge on any atom is 0.317 e. The smallest absolute Gasteiger partial charge is 0.317 e. The van der Waals surface area contributed by atoms with Crippen molar-refractivity contribution < 1.29 is 13.9 Å². The molecule has 1 spiro atoms. The van der Waals surface area contributed by atoms with Crippen LogP contribution < -0.4 is 5.32 Å². The minimum Gasteiger partial charge on any atom is -0.381 e. The number of nitrogens with one attached hydrogen (secondary N) is 1. The van der Waals surface area contributed by atoms with E-state index in [-0.39, 0.29) is 23.3 Å². The van der Waals surface area contributed by atoms with Crippen molar-refractivity contribution in [3.63, 3.8) is 0 Å². The zero-order valence-corrected chi connectivity index (χ0v) is 14.0. The number of likely N-dealkylation sites (tertiary alicyclic amines) is 1. The second-order valence-corrected chi connectivity index (χ2v) is 7.64. The second-order valence-electron chi connectivity index (χ2n) is 7.64. The highest BCUT2D eigenvalue weighted by atomic mass is 19.1. The van der Waals surface area contributed by atoms with Gasteiger partial charge in [0.25, 0.3) is 0 Å². The number of halogens is 1. The molecule has 0 unspecified atom stereocenters. The van der Waals surface area contributed by atoms with Crippen LogP contribution >= 0.6 is 0 Å². The van der Waals surface area contributed by atoms with E-state index >= 15 is 0 Å². The Labute approximate surface area is 142 Å². The van der Waals surface area contributed by atoms with E-state index in [1.165, 1.54) is 18.6 Å². The van der Waals surface area contributed by atoms with Crippen LogP contribution in [0.4, 0.5) is 9.18 Å². The zero-order valence-electron chi connectivity index (χ0n) is 14.0.